The highest BCUT2D eigenvalue weighted by Crippen LogP contribution is 2.36. The van der Waals surface area contributed by atoms with Gasteiger partial charge in [-0.1, -0.05) is 17.8 Å². The van der Waals surface area contributed by atoms with E-state index in [-0.39, 0.29) is 0 Å². The van der Waals surface area contributed by atoms with Crippen LogP contribution in [0, 0.1) is 0 Å². The summed E-state index contributed by atoms with van der Waals surface area (Å²) in [6.07, 6.45) is 1.78. The van der Waals surface area contributed by atoms with Gasteiger partial charge in [0.1, 0.15) is 18.2 Å². The third-order valence-electron chi connectivity index (χ3n) is 2.80. The second-order valence-electron chi connectivity index (χ2n) is 4.08. The van der Waals surface area contributed by atoms with E-state index in [1.54, 1.807) is 18.0 Å². The molecule has 0 fully saturated rings. The molecule has 19 heavy (non-hydrogen) atoms. The van der Waals surface area contributed by atoms with Crippen molar-refractivity contribution in [3.8, 4) is 11.5 Å². The Morgan fingerprint density at radius 3 is 2.84 bits per heavy atom. The zero-order valence-electron chi connectivity index (χ0n) is 10.3. The summed E-state index contributed by atoms with van der Waals surface area (Å²) < 4.78 is 11.1. The van der Waals surface area contributed by atoms with Crippen molar-refractivity contribution in [1.82, 2.24) is 4.98 Å². The fourth-order valence-corrected chi connectivity index (χ4v) is 2.79. The van der Waals surface area contributed by atoms with Gasteiger partial charge >= 0.3 is 0 Å². The van der Waals surface area contributed by atoms with Crippen LogP contribution in [0.3, 0.4) is 0 Å². The molecule has 0 amide bonds. The van der Waals surface area contributed by atoms with Gasteiger partial charge in [0, 0.05) is 17.6 Å². The Morgan fingerprint density at radius 1 is 1.16 bits per heavy atom. The van der Waals surface area contributed by atoms with Crippen LogP contribution >= 0.6 is 11.8 Å². The van der Waals surface area contributed by atoms with Crippen molar-refractivity contribution >= 4 is 11.8 Å². The van der Waals surface area contributed by atoms with Gasteiger partial charge < -0.3 is 15.2 Å². The number of nitrogens with two attached hydrogens (primary N) is 1. The van der Waals surface area contributed by atoms with Crippen molar-refractivity contribution in [1.29, 1.82) is 0 Å². The summed E-state index contributed by atoms with van der Waals surface area (Å²) in [6.45, 7) is 1.69. The normalized spacial score (nSPS) is 13.3. The second-order valence-corrected chi connectivity index (χ2v) is 5.14. The van der Waals surface area contributed by atoms with E-state index in [2.05, 4.69) is 4.98 Å². The lowest BCUT2D eigenvalue weighted by Crippen LogP contribution is -2.15. The zero-order chi connectivity index (χ0) is 13.1. The van der Waals surface area contributed by atoms with Gasteiger partial charge in [-0.2, -0.15) is 0 Å². The van der Waals surface area contributed by atoms with Crippen LogP contribution in [-0.4, -0.2) is 18.2 Å². The van der Waals surface area contributed by atoms with Crippen LogP contribution in [0.15, 0.2) is 46.5 Å². The average molecular weight is 274 g/mol. The van der Waals surface area contributed by atoms with Crippen molar-refractivity contribution < 1.29 is 9.47 Å². The van der Waals surface area contributed by atoms with E-state index in [0.717, 1.165) is 27.0 Å². The van der Waals surface area contributed by atoms with Gasteiger partial charge in [-0.05, 0) is 29.8 Å². The number of aromatic nitrogens is 1. The Labute approximate surface area is 115 Å². The van der Waals surface area contributed by atoms with Crippen LogP contribution in [-0.2, 0) is 6.54 Å². The molecule has 1 aromatic carbocycles. The molecule has 2 heterocycles. The monoisotopic (exact) mass is 274 g/mol. The number of pyridine rings is 1. The lowest BCUT2D eigenvalue weighted by molar-refractivity contribution is 0.171. The highest BCUT2D eigenvalue weighted by Gasteiger charge is 2.13. The third-order valence-corrected chi connectivity index (χ3v) is 3.85. The van der Waals surface area contributed by atoms with Gasteiger partial charge in [0.25, 0.3) is 0 Å². The van der Waals surface area contributed by atoms with Gasteiger partial charge in [0.15, 0.2) is 11.5 Å². The summed E-state index contributed by atoms with van der Waals surface area (Å²) >= 11 is 1.58. The van der Waals surface area contributed by atoms with E-state index in [9.17, 15) is 0 Å². The molecule has 3 rings (SSSR count). The van der Waals surface area contributed by atoms with Gasteiger partial charge in [0.05, 0.1) is 0 Å². The highest BCUT2D eigenvalue weighted by atomic mass is 32.2. The Bertz CT molecular complexity index is 589. The first-order valence-corrected chi connectivity index (χ1v) is 6.90. The number of benzene rings is 1. The molecule has 1 aliphatic heterocycles. The Kier molecular flexibility index (Phi) is 3.57. The molecule has 0 unspecified atom stereocenters. The molecule has 0 spiro atoms. The minimum atomic E-state index is 0.487. The second kappa shape index (κ2) is 5.50. The number of fused-ring (bicyclic) bond motifs is 1. The van der Waals surface area contributed by atoms with E-state index in [4.69, 9.17) is 15.2 Å². The first kappa shape index (κ1) is 12.3. The first-order valence-electron chi connectivity index (χ1n) is 6.08. The van der Waals surface area contributed by atoms with Gasteiger partial charge in [-0.3, -0.25) is 0 Å². The molecule has 0 saturated heterocycles. The smallest absolute Gasteiger partial charge is 0.162 e. The number of nitrogens with zero attached hydrogens (tertiary/aromatic N) is 1. The summed E-state index contributed by atoms with van der Waals surface area (Å²) in [5.74, 6) is 1.59. The topological polar surface area (TPSA) is 57.4 Å². The SMILES string of the molecule is NCc1cccnc1Sc1ccc2c(c1)OCCO2. The average Bonchev–Trinajstić information content (AvgIpc) is 2.48. The lowest BCUT2D eigenvalue weighted by Gasteiger charge is -2.18. The van der Waals surface area contributed by atoms with Crippen LogP contribution in [0.2, 0.25) is 0 Å². The summed E-state index contributed by atoms with van der Waals surface area (Å²) in [6, 6.07) is 9.81. The van der Waals surface area contributed by atoms with Gasteiger partial charge in [-0.15, -0.1) is 0 Å². The molecule has 0 saturated carbocycles. The standard InChI is InChI=1S/C14H14N2O2S/c15-9-10-2-1-5-16-14(10)19-11-3-4-12-13(8-11)18-7-6-17-12/h1-5,8H,6-7,9,15H2. The molecule has 1 aromatic heterocycles. The molecule has 1 aliphatic rings. The highest BCUT2D eigenvalue weighted by molar-refractivity contribution is 7.99. The lowest BCUT2D eigenvalue weighted by atomic mass is 10.3. The summed E-state index contributed by atoms with van der Waals surface area (Å²) in [7, 11) is 0. The molecule has 98 valence electrons. The van der Waals surface area contributed by atoms with Crippen LogP contribution < -0.4 is 15.2 Å². The first-order chi connectivity index (χ1) is 9.36. The largest absolute Gasteiger partial charge is 0.486 e. The molecule has 0 aliphatic carbocycles. The number of ether oxygens (including phenoxy) is 2. The number of hydrogen-bond acceptors (Lipinski definition) is 5. The number of rotatable bonds is 3. The molecular formula is C14H14N2O2S. The summed E-state index contributed by atoms with van der Waals surface area (Å²) in [5, 5.41) is 0.932. The van der Waals surface area contributed by atoms with E-state index < -0.39 is 0 Å². The minimum Gasteiger partial charge on any atom is -0.486 e. The minimum absolute atomic E-state index is 0.487. The predicted octanol–water partition coefficient (Wildman–Crippen LogP) is 2.46. The summed E-state index contributed by atoms with van der Waals surface area (Å²) in [5.41, 5.74) is 6.76. The molecule has 4 nitrogen and oxygen atoms in total. The van der Waals surface area contributed by atoms with Crippen molar-refractivity contribution in [3.63, 3.8) is 0 Å². The van der Waals surface area contributed by atoms with Crippen LogP contribution in [0.4, 0.5) is 0 Å². The maximum Gasteiger partial charge on any atom is 0.162 e. The Hall–Kier alpha value is -1.72. The molecular weight excluding hydrogens is 260 g/mol. The fraction of sp³-hybridized carbons (Fsp3) is 0.214. The maximum atomic E-state index is 5.72. The molecule has 2 N–H and O–H groups in total. The van der Waals surface area contributed by atoms with E-state index in [1.165, 1.54) is 0 Å². The van der Waals surface area contributed by atoms with Crippen molar-refractivity contribution in [2.45, 2.75) is 16.5 Å². The van der Waals surface area contributed by atoms with Crippen LogP contribution in [0.5, 0.6) is 11.5 Å². The quantitative estimate of drug-likeness (QED) is 0.931. The number of hydrogen-bond donors (Lipinski definition) is 1. The Morgan fingerprint density at radius 2 is 2.00 bits per heavy atom. The van der Waals surface area contributed by atoms with Gasteiger partial charge in [-0.25, -0.2) is 4.98 Å². The maximum absolute atomic E-state index is 5.72. The van der Waals surface area contributed by atoms with E-state index in [1.807, 2.05) is 30.3 Å². The summed E-state index contributed by atoms with van der Waals surface area (Å²) in [4.78, 5) is 5.44. The van der Waals surface area contributed by atoms with Gasteiger partial charge in [0.2, 0.25) is 0 Å². The van der Waals surface area contributed by atoms with E-state index in [0.29, 0.717) is 19.8 Å². The predicted molar refractivity (Wildman–Crippen MR) is 73.7 cm³/mol. The van der Waals surface area contributed by atoms with Crippen molar-refractivity contribution in [2.75, 3.05) is 13.2 Å². The fourth-order valence-electron chi connectivity index (χ4n) is 1.87. The molecule has 5 heteroatoms. The molecule has 2 aromatic rings. The van der Waals surface area contributed by atoms with Crippen LogP contribution in [0.25, 0.3) is 0 Å². The zero-order valence-corrected chi connectivity index (χ0v) is 11.2. The molecule has 0 radical (unpaired) electrons. The van der Waals surface area contributed by atoms with Crippen molar-refractivity contribution in [3.05, 3.63) is 42.1 Å². The van der Waals surface area contributed by atoms with Crippen molar-refractivity contribution in [2.24, 2.45) is 5.73 Å². The Balaban J connectivity index is 1.87. The molecule has 0 bridgehead atoms. The third kappa shape index (κ3) is 2.67. The molecule has 0 atom stereocenters. The van der Waals surface area contributed by atoms with Crippen LogP contribution in [0.1, 0.15) is 5.56 Å². The van der Waals surface area contributed by atoms with E-state index >= 15 is 0 Å².